The molecule has 0 atom stereocenters. The van der Waals surface area contributed by atoms with Crippen LogP contribution in [0.1, 0.15) is 15.2 Å². The van der Waals surface area contributed by atoms with Gasteiger partial charge in [-0.25, -0.2) is 13.2 Å². The molecule has 13 heavy (non-hydrogen) atoms. The highest BCUT2D eigenvalue weighted by Gasteiger charge is 2.14. The van der Waals surface area contributed by atoms with Gasteiger partial charge in [-0.15, -0.1) is 11.3 Å². The molecule has 1 rings (SSSR count). The minimum Gasteiger partial charge on any atom is -0.477 e. The normalized spacial score (nSPS) is 10.5. The maximum Gasteiger partial charge on any atom is 0.348 e. The van der Waals surface area contributed by atoms with Crippen LogP contribution in [0.15, 0.2) is 5.38 Å². The highest BCUT2D eigenvalue weighted by Crippen LogP contribution is 2.25. The van der Waals surface area contributed by atoms with Crippen LogP contribution in [0.25, 0.3) is 0 Å². The molecule has 0 fully saturated rings. The zero-order valence-electron chi connectivity index (χ0n) is 6.39. The smallest absolute Gasteiger partial charge is 0.348 e. The molecule has 0 saturated heterocycles. The maximum absolute atomic E-state index is 10.5. The minimum absolute atomic E-state index is 0.00755. The first kappa shape index (κ1) is 10.0. The summed E-state index contributed by atoms with van der Waals surface area (Å²) in [5, 5.41) is 10.0. The largest absolute Gasteiger partial charge is 0.477 e. The van der Waals surface area contributed by atoms with E-state index in [2.05, 4.69) is 0 Å². The van der Waals surface area contributed by atoms with E-state index >= 15 is 0 Å². The Morgan fingerprint density at radius 3 is 2.62 bits per heavy atom. The first-order valence-electron chi connectivity index (χ1n) is 3.23. The maximum atomic E-state index is 10.5. The van der Waals surface area contributed by atoms with Gasteiger partial charge in [0.2, 0.25) is 0 Å². The van der Waals surface area contributed by atoms with E-state index < -0.39 is 16.7 Å². The van der Waals surface area contributed by atoms with E-state index in [-0.39, 0.29) is 16.3 Å². The van der Waals surface area contributed by atoms with Crippen molar-refractivity contribution in [1.29, 1.82) is 0 Å². The Labute approximate surface area is 79.8 Å². The number of carboxylic acids is 1. The summed E-state index contributed by atoms with van der Waals surface area (Å²) in [6.45, 7) is 0. The summed E-state index contributed by atoms with van der Waals surface area (Å²) in [6.07, 6.45) is 0. The highest BCUT2D eigenvalue weighted by atomic mass is 32.2. The lowest BCUT2D eigenvalue weighted by Gasteiger charge is -1.93. The molecular formula is C6H7NO4S2. The molecule has 7 heteroatoms. The van der Waals surface area contributed by atoms with E-state index in [1.54, 1.807) is 0 Å². The number of anilines is 1. The molecule has 0 amide bonds. The van der Waals surface area contributed by atoms with E-state index in [1.807, 2.05) is 0 Å². The number of aromatic carboxylic acids is 1. The molecule has 0 saturated carbocycles. The second kappa shape index (κ2) is 3.75. The Morgan fingerprint density at radius 2 is 2.23 bits per heavy atom. The number of hydrogen-bond acceptors (Lipinski definition) is 5. The number of nitrogens with two attached hydrogens (primary N) is 1. The van der Waals surface area contributed by atoms with Gasteiger partial charge in [0, 0.05) is 5.56 Å². The summed E-state index contributed by atoms with van der Waals surface area (Å²) in [7, 11) is -2.57. The van der Waals surface area contributed by atoms with Crippen LogP contribution in [-0.2, 0) is 16.5 Å². The van der Waals surface area contributed by atoms with Crippen molar-refractivity contribution in [3.05, 3.63) is 15.8 Å². The molecule has 3 N–H and O–H groups in total. The van der Waals surface area contributed by atoms with Crippen molar-refractivity contribution in [2.75, 3.05) is 5.73 Å². The van der Waals surface area contributed by atoms with E-state index in [1.165, 1.54) is 5.38 Å². The van der Waals surface area contributed by atoms with Crippen LogP contribution in [0.2, 0.25) is 0 Å². The van der Waals surface area contributed by atoms with Crippen LogP contribution in [0.4, 0.5) is 5.69 Å². The first-order chi connectivity index (χ1) is 6.02. The lowest BCUT2D eigenvalue weighted by molar-refractivity contribution is 0.0703. The van der Waals surface area contributed by atoms with Crippen LogP contribution >= 0.6 is 11.3 Å². The summed E-state index contributed by atoms with van der Waals surface area (Å²) in [5.74, 6) is -1.33. The Balaban J connectivity index is 3.06. The molecule has 0 bridgehead atoms. The molecule has 1 aromatic heterocycles. The highest BCUT2D eigenvalue weighted by molar-refractivity contribution is 7.71. The molecule has 0 radical (unpaired) electrons. The van der Waals surface area contributed by atoms with Crippen molar-refractivity contribution < 1.29 is 18.3 Å². The van der Waals surface area contributed by atoms with Gasteiger partial charge in [0.05, 0.1) is 11.4 Å². The third-order valence-corrected chi connectivity index (χ3v) is 3.03. The number of carboxylic acid groups (broad SMARTS) is 1. The first-order valence-corrected chi connectivity index (χ1v) is 5.47. The third kappa shape index (κ3) is 2.19. The molecule has 0 aliphatic heterocycles. The predicted octanol–water partition coefficient (Wildman–Crippen LogP) is 0.140. The monoisotopic (exact) mass is 221 g/mol. The molecule has 0 unspecified atom stereocenters. The standard InChI is InChI=1S/C6H7NO4S2/c7-4-3(2-13(10)11)1-12-5(4)6(8)9/h1,13H,2,7H2,(H,8,9). The zero-order chi connectivity index (χ0) is 10.0. The van der Waals surface area contributed by atoms with Gasteiger partial charge in [0.25, 0.3) is 0 Å². The van der Waals surface area contributed by atoms with Crippen molar-refractivity contribution in [3.63, 3.8) is 0 Å². The summed E-state index contributed by atoms with van der Waals surface area (Å²) in [5.41, 5.74) is 5.83. The Hall–Kier alpha value is -1.08. The van der Waals surface area contributed by atoms with Gasteiger partial charge in [-0.3, -0.25) is 0 Å². The SMILES string of the molecule is Nc1c(C[SH](=O)=O)csc1C(=O)O. The summed E-state index contributed by atoms with van der Waals surface area (Å²) < 4.78 is 20.7. The van der Waals surface area contributed by atoms with Crippen molar-refractivity contribution in [3.8, 4) is 0 Å². The van der Waals surface area contributed by atoms with Gasteiger partial charge in [-0.2, -0.15) is 0 Å². The fourth-order valence-corrected chi connectivity index (χ4v) is 2.32. The fourth-order valence-electron chi connectivity index (χ4n) is 0.830. The molecular weight excluding hydrogens is 214 g/mol. The van der Waals surface area contributed by atoms with Crippen molar-refractivity contribution in [2.24, 2.45) is 0 Å². The van der Waals surface area contributed by atoms with E-state index in [4.69, 9.17) is 10.8 Å². The van der Waals surface area contributed by atoms with Gasteiger partial charge < -0.3 is 10.8 Å². The number of thiol groups is 1. The zero-order valence-corrected chi connectivity index (χ0v) is 8.10. The third-order valence-electron chi connectivity index (χ3n) is 1.40. The summed E-state index contributed by atoms with van der Waals surface area (Å²) in [6, 6.07) is 0. The Kier molecular flexibility index (Phi) is 2.89. The Bertz CT molecular complexity index is 399. The molecule has 0 aliphatic carbocycles. The van der Waals surface area contributed by atoms with Gasteiger partial charge in [-0.1, -0.05) is 0 Å². The van der Waals surface area contributed by atoms with Crippen molar-refractivity contribution in [2.45, 2.75) is 5.75 Å². The average Bonchev–Trinajstić information content (AvgIpc) is 2.32. The second-order valence-electron chi connectivity index (χ2n) is 2.30. The fraction of sp³-hybridized carbons (Fsp3) is 0.167. The average molecular weight is 221 g/mol. The quantitative estimate of drug-likeness (QED) is 0.631. The van der Waals surface area contributed by atoms with Crippen molar-refractivity contribution in [1.82, 2.24) is 0 Å². The van der Waals surface area contributed by atoms with Crippen LogP contribution in [0, 0.1) is 0 Å². The molecule has 1 aromatic rings. The van der Waals surface area contributed by atoms with E-state index in [9.17, 15) is 13.2 Å². The second-order valence-corrected chi connectivity index (χ2v) is 4.16. The number of hydrogen-bond donors (Lipinski definition) is 3. The van der Waals surface area contributed by atoms with Crippen LogP contribution in [0.5, 0.6) is 0 Å². The number of nitrogen functional groups attached to an aromatic ring is 1. The Morgan fingerprint density at radius 1 is 1.62 bits per heavy atom. The van der Waals surface area contributed by atoms with Crippen LogP contribution in [0.3, 0.4) is 0 Å². The number of thiophene rings is 1. The number of carbonyl (C=O) groups is 1. The van der Waals surface area contributed by atoms with Crippen molar-refractivity contribution >= 4 is 33.7 Å². The summed E-state index contributed by atoms with van der Waals surface area (Å²) >= 11 is 0.934. The minimum atomic E-state index is -2.57. The topological polar surface area (TPSA) is 97.5 Å². The van der Waals surface area contributed by atoms with E-state index in [0.29, 0.717) is 5.56 Å². The van der Waals surface area contributed by atoms with Gasteiger partial charge in [0.1, 0.15) is 15.6 Å². The molecule has 72 valence electrons. The lowest BCUT2D eigenvalue weighted by Crippen LogP contribution is -1.99. The predicted molar refractivity (Wildman–Crippen MR) is 49.7 cm³/mol. The number of rotatable bonds is 3. The van der Waals surface area contributed by atoms with E-state index in [0.717, 1.165) is 11.3 Å². The summed E-state index contributed by atoms with van der Waals surface area (Å²) in [4.78, 5) is 10.5. The van der Waals surface area contributed by atoms with Crippen LogP contribution in [-0.4, -0.2) is 19.5 Å². The molecule has 1 heterocycles. The van der Waals surface area contributed by atoms with Gasteiger partial charge >= 0.3 is 5.97 Å². The van der Waals surface area contributed by atoms with Crippen LogP contribution < -0.4 is 5.73 Å². The van der Waals surface area contributed by atoms with Gasteiger partial charge in [-0.05, 0) is 5.38 Å². The lowest BCUT2D eigenvalue weighted by atomic mass is 10.3. The molecule has 5 nitrogen and oxygen atoms in total. The van der Waals surface area contributed by atoms with Gasteiger partial charge in [0.15, 0.2) is 0 Å². The molecule has 0 aliphatic rings. The molecule has 0 aromatic carbocycles. The molecule has 0 spiro atoms.